The average molecular weight is 196 g/mol. The van der Waals surface area contributed by atoms with Gasteiger partial charge in [-0.25, -0.2) is 4.58 Å². The van der Waals surface area contributed by atoms with Crippen LogP contribution in [0.3, 0.4) is 0 Å². The van der Waals surface area contributed by atoms with Gasteiger partial charge in [-0.05, 0) is 11.6 Å². The molecule has 0 aliphatic heterocycles. The summed E-state index contributed by atoms with van der Waals surface area (Å²) < 4.78 is 1.77. The van der Waals surface area contributed by atoms with Crippen LogP contribution < -0.4 is 30.5 Å². The van der Waals surface area contributed by atoms with Crippen LogP contribution in [-0.4, -0.2) is 31.4 Å². The van der Waals surface area contributed by atoms with Crippen molar-refractivity contribution in [2.24, 2.45) is 0 Å². The summed E-state index contributed by atoms with van der Waals surface area (Å²) in [5.41, 5.74) is 4.72. The zero-order chi connectivity index (χ0) is 6.28. The standard InChI is InChI=1S/C3H7ClN.CH5N.2ClH/c1-5(2)3-4;1-2;;/h3H,1-2H3;2H2,1H3;2*1H/q+1;;;/p-1. The first-order chi connectivity index (χ1) is 3.27. The summed E-state index contributed by atoms with van der Waals surface area (Å²) in [4.78, 5) is 0. The molecule has 2 nitrogen and oxygen atoms in total. The molecular weight excluding hydrogens is 182 g/mol. The molecule has 9 heavy (non-hydrogen) atoms. The van der Waals surface area contributed by atoms with E-state index < -0.39 is 0 Å². The smallest absolute Gasteiger partial charge is 0.232 e. The second-order valence-electron chi connectivity index (χ2n) is 1.06. The van der Waals surface area contributed by atoms with E-state index in [2.05, 4.69) is 5.73 Å². The van der Waals surface area contributed by atoms with Gasteiger partial charge in [0.05, 0.1) is 7.05 Å². The van der Waals surface area contributed by atoms with Crippen molar-refractivity contribution in [3.8, 4) is 0 Å². The molecule has 0 radical (unpaired) electrons. The van der Waals surface area contributed by atoms with Gasteiger partial charge < -0.3 is 30.5 Å². The lowest BCUT2D eigenvalue weighted by atomic mass is 11.1. The summed E-state index contributed by atoms with van der Waals surface area (Å²) in [6, 6.07) is 0. The molecule has 0 spiro atoms. The SMILES string of the molecule is C[N+](C)=CCl.C[NH3+].[Cl-].[Cl-]. The molecule has 0 atom stereocenters. The molecule has 0 aliphatic carbocycles. The summed E-state index contributed by atoms with van der Waals surface area (Å²) in [6.07, 6.45) is 0. The molecule has 0 bridgehead atoms. The van der Waals surface area contributed by atoms with Crippen molar-refractivity contribution in [3.63, 3.8) is 0 Å². The minimum atomic E-state index is 0. The van der Waals surface area contributed by atoms with Gasteiger partial charge in [-0.15, -0.1) is 0 Å². The largest absolute Gasteiger partial charge is 1.00 e. The summed E-state index contributed by atoms with van der Waals surface area (Å²) in [7, 11) is 5.49. The predicted octanol–water partition coefficient (Wildman–Crippen LogP) is -6.61. The lowest BCUT2D eigenvalue weighted by Crippen LogP contribution is -3.00. The average Bonchev–Trinajstić information content (AvgIpc) is 1.73. The van der Waals surface area contributed by atoms with Gasteiger partial charge in [-0.2, -0.15) is 0 Å². The van der Waals surface area contributed by atoms with Gasteiger partial charge >= 0.3 is 0 Å². The molecule has 0 amide bonds. The van der Waals surface area contributed by atoms with Crippen molar-refractivity contribution in [2.75, 3.05) is 21.1 Å². The molecule has 3 N–H and O–H groups in total. The Bertz CT molecular complexity index is 51.8. The Labute approximate surface area is 73.9 Å². The van der Waals surface area contributed by atoms with Crippen LogP contribution in [0.15, 0.2) is 0 Å². The van der Waals surface area contributed by atoms with Crippen LogP contribution >= 0.6 is 11.6 Å². The summed E-state index contributed by atoms with van der Waals surface area (Å²) >= 11 is 5.14. The van der Waals surface area contributed by atoms with E-state index in [9.17, 15) is 0 Å². The molecule has 0 aromatic heterocycles. The first-order valence-corrected chi connectivity index (χ1v) is 2.51. The van der Waals surface area contributed by atoms with Crippen molar-refractivity contribution < 1.29 is 35.1 Å². The van der Waals surface area contributed by atoms with E-state index >= 15 is 0 Å². The number of rotatable bonds is 0. The number of hydrogen-bond donors (Lipinski definition) is 1. The lowest BCUT2D eigenvalue weighted by molar-refractivity contribution is -0.457. The van der Waals surface area contributed by atoms with Crippen LogP contribution in [0, 0.1) is 0 Å². The van der Waals surface area contributed by atoms with E-state index in [0.29, 0.717) is 0 Å². The summed E-state index contributed by atoms with van der Waals surface area (Å²) in [5.74, 6) is 0. The summed E-state index contributed by atoms with van der Waals surface area (Å²) in [5, 5.41) is 0. The normalized spacial score (nSPS) is 4.56. The minimum Gasteiger partial charge on any atom is -1.00 e. The van der Waals surface area contributed by atoms with Crippen LogP contribution in [0.5, 0.6) is 0 Å². The molecule has 0 saturated carbocycles. The van der Waals surface area contributed by atoms with Gasteiger partial charge in [0.2, 0.25) is 5.67 Å². The van der Waals surface area contributed by atoms with Crippen molar-refractivity contribution in [1.82, 2.24) is 0 Å². The maximum Gasteiger partial charge on any atom is 0.232 e. The Morgan fingerprint density at radius 1 is 1.22 bits per heavy atom. The Morgan fingerprint density at radius 2 is 1.33 bits per heavy atom. The molecule has 0 unspecified atom stereocenters. The highest BCUT2D eigenvalue weighted by molar-refractivity contribution is 6.54. The molecule has 0 fully saturated rings. The maximum absolute atomic E-state index is 5.14. The van der Waals surface area contributed by atoms with E-state index in [1.54, 1.807) is 11.6 Å². The van der Waals surface area contributed by atoms with E-state index in [0.717, 1.165) is 0 Å². The third kappa shape index (κ3) is 57.5. The monoisotopic (exact) mass is 194 g/mol. The quantitative estimate of drug-likeness (QED) is 0.294. The summed E-state index contributed by atoms with van der Waals surface area (Å²) in [6.45, 7) is 0. The topological polar surface area (TPSA) is 30.6 Å². The zero-order valence-corrected chi connectivity index (χ0v) is 8.13. The van der Waals surface area contributed by atoms with Crippen LogP contribution in [0.4, 0.5) is 0 Å². The van der Waals surface area contributed by atoms with E-state index in [1.165, 1.54) is 5.67 Å². The van der Waals surface area contributed by atoms with Gasteiger partial charge in [0.15, 0.2) is 0 Å². The zero-order valence-electron chi connectivity index (χ0n) is 5.87. The van der Waals surface area contributed by atoms with Gasteiger partial charge in [-0.3, -0.25) is 0 Å². The van der Waals surface area contributed by atoms with Crippen molar-refractivity contribution in [2.45, 2.75) is 0 Å². The maximum atomic E-state index is 5.14. The van der Waals surface area contributed by atoms with E-state index in [1.807, 2.05) is 14.1 Å². The highest BCUT2D eigenvalue weighted by Gasteiger charge is 1.67. The molecule has 0 heterocycles. The van der Waals surface area contributed by atoms with Crippen LogP contribution in [0.25, 0.3) is 0 Å². The third-order valence-electron chi connectivity index (χ3n) is 0.195. The fourth-order valence-electron chi connectivity index (χ4n) is 0. The molecule has 0 aromatic carbocycles. The number of nitrogens with zero attached hydrogens (tertiary/aromatic N) is 1. The van der Waals surface area contributed by atoms with E-state index in [4.69, 9.17) is 11.6 Å². The third-order valence-corrected chi connectivity index (χ3v) is 0.586. The molecule has 0 aromatic rings. The van der Waals surface area contributed by atoms with Crippen molar-refractivity contribution in [1.29, 1.82) is 0 Å². The molecule has 0 saturated heterocycles. The fraction of sp³-hybridized carbons (Fsp3) is 0.750. The van der Waals surface area contributed by atoms with Crippen LogP contribution in [-0.2, 0) is 0 Å². The second kappa shape index (κ2) is 23.6. The molecule has 5 heteroatoms. The van der Waals surface area contributed by atoms with Gasteiger partial charge in [0.1, 0.15) is 14.1 Å². The van der Waals surface area contributed by atoms with Crippen LogP contribution in [0.2, 0.25) is 0 Å². The second-order valence-corrected chi connectivity index (χ2v) is 1.26. The fourth-order valence-corrected chi connectivity index (χ4v) is 0. The molecule has 60 valence electrons. The Kier molecular flexibility index (Phi) is 59.5. The van der Waals surface area contributed by atoms with Gasteiger partial charge in [-0.1, -0.05) is 0 Å². The number of halogens is 3. The Balaban J connectivity index is -0.0000000286. The van der Waals surface area contributed by atoms with Gasteiger partial charge in [0, 0.05) is 0 Å². The lowest BCUT2D eigenvalue weighted by Gasteiger charge is -1.70. The Morgan fingerprint density at radius 3 is 1.33 bits per heavy atom. The first-order valence-electron chi connectivity index (χ1n) is 2.08. The van der Waals surface area contributed by atoms with Crippen molar-refractivity contribution >= 4 is 17.3 Å². The number of quaternary nitrogens is 1. The Hall–Kier alpha value is 0.500. The van der Waals surface area contributed by atoms with E-state index in [-0.39, 0.29) is 24.8 Å². The van der Waals surface area contributed by atoms with Gasteiger partial charge in [0.25, 0.3) is 0 Å². The van der Waals surface area contributed by atoms with Crippen LogP contribution in [0.1, 0.15) is 0 Å². The predicted molar refractivity (Wildman–Crippen MR) is 32.8 cm³/mol. The molecule has 0 rings (SSSR count). The van der Waals surface area contributed by atoms with Crippen molar-refractivity contribution in [3.05, 3.63) is 0 Å². The highest BCUT2D eigenvalue weighted by Crippen LogP contribution is 1.55. The first kappa shape index (κ1) is 22.7. The minimum absolute atomic E-state index is 0. The molecular formula is C4H13Cl3N2. The molecule has 0 aliphatic rings. The number of hydrogen-bond acceptors (Lipinski definition) is 0. The highest BCUT2D eigenvalue weighted by atomic mass is 35.5.